The topological polar surface area (TPSA) is 46.2 Å². The summed E-state index contributed by atoms with van der Waals surface area (Å²) in [5.74, 6) is -5.45. The van der Waals surface area contributed by atoms with Crippen LogP contribution in [0.15, 0.2) is 12.1 Å². The standard InChI is InChI=1S/C10H8ClF6NO/c11-6-2-4(10(15,16)17)1-5(7(6)12)8(18)9(13,14)3-19/h1-2,8,19H,3,18H2/t8-/m1/s1. The first kappa shape index (κ1) is 16.1. The molecule has 0 saturated carbocycles. The van der Waals surface area contributed by atoms with E-state index in [1.54, 1.807) is 0 Å². The summed E-state index contributed by atoms with van der Waals surface area (Å²) >= 11 is 5.22. The van der Waals surface area contributed by atoms with Gasteiger partial charge in [-0.2, -0.15) is 13.2 Å². The maximum Gasteiger partial charge on any atom is 0.416 e. The van der Waals surface area contributed by atoms with Gasteiger partial charge in [-0.25, -0.2) is 13.2 Å². The number of aliphatic hydroxyl groups excluding tert-OH is 1. The second-order valence-corrected chi connectivity index (χ2v) is 4.16. The zero-order valence-corrected chi connectivity index (χ0v) is 9.87. The molecular formula is C10H8ClF6NO. The SMILES string of the molecule is N[C@H](c1cc(C(F)(F)F)cc(Cl)c1F)C(F)(F)CO. The summed E-state index contributed by atoms with van der Waals surface area (Å²) < 4.78 is 77.1. The van der Waals surface area contributed by atoms with Crippen molar-refractivity contribution in [2.24, 2.45) is 5.73 Å². The number of nitrogens with two attached hydrogens (primary N) is 1. The Bertz CT molecular complexity index is 476. The molecule has 1 aromatic carbocycles. The molecule has 1 aromatic rings. The van der Waals surface area contributed by atoms with Gasteiger partial charge in [0, 0.05) is 5.56 Å². The number of rotatable bonds is 3. The highest BCUT2D eigenvalue weighted by molar-refractivity contribution is 6.30. The molecule has 0 fully saturated rings. The number of halogens is 7. The molecule has 0 radical (unpaired) electrons. The third-order valence-corrected chi connectivity index (χ3v) is 2.66. The summed E-state index contributed by atoms with van der Waals surface area (Å²) in [5, 5.41) is 7.43. The predicted molar refractivity (Wildman–Crippen MR) is 55.4 cm³/mol. The normalized spacial score (nSPS) is 14.6. The van der Waals surface area contributed by atoms with Crippen LogP contribution in [0.2, 0.25) is 5.02 Å². The van der Waals surface area contributed by atoms with Crippen LogP contribution < -0.4 is 5.73 Å². The molecule has 108 valence electrons. The summed E-state index contributed by atoms with van der Waals surface area (Å²) in [6, 6.07) is -2.03. The van der Waals surface area contributed by atoms with Crippen LogP contribution in [0.4, 0.5) is 26.3 Å². The highest BCUT2D eigenvalue weighted by Crippen LogP contribution is 2.38. The first-order valence-corrected chi connectivity index (χ1v) is 5.19. The first-order chi connectivity index (χ1) is 8.50. The maximum absolute atomic E-state index is 13.5. The van der Waals surface area contributed by atoms with Crippen molar-refractivity contribution in [1.82, 2.24) is 0 Å². The van der Waals surface area contributed by atoms with Crippen molar-refractivity contribution in [2.75, 3.05) is 6.61 Å². The Kier molecular flexibility index (Phi) is 4.38. The summed E-state index contributed by atoms with van der Waals surface area (Å²) in [7, 11) is 0. The Morgan fingerprint density at radius 3 is 2.16 bits per heavy atom. The summed E-state index contributed by atoms with van der Waals surface area (Å²) in [6.45, 7) is -1.73. The van der Waals surface area contributed by atoms with E-state index in [4.69, 9.17) is 22.4 Å². The number of aliphatic hydroxyl groups is 1. The zero-order chi connectivity index (χ0) is 15.0. The number of hydrogen-bond donors (Lipinski definition) is 2. The quantitative estimate of drug-likeness (QED) is 0.843. The smallest absolute Gasteiger partial charge is 0.390 e. The van der Waals surface area contributed by atoms with Crippen molar-refractivity contribution >= 4 is 11.6 Å². The van der Waals surface area contributed by atoms with Crippen molar-refractivity contribution in [3.63, 3.8) is 0 Å². The molecule has 0 spiro atoms. The van der Waals surface area contributed by atoms with Crippen molar-refractivity contribution < 1.29 is 31.4 Å². The van der Waals surface area contributed by atoms with Crippen LogP contribution in [-0.2, 0) is 6.18 Å². The minimum atomic E-state index is -4.89. The van der Waals surface area contributed by atoms with Crippen LogP contribution in [0.5, 0.6) is 0 Å². The van der Waals surface area contributed by atoms with Gasteiger partial charge in [0.05, 0.1) is 16.6 Å². The van der Waals surface area contributed by atoms with Crippen molar-refractivity contribution in [3.05, 3.63) is 34.1 Å². The minimum absolute atomic E-state index is 0.148. The van der Waals surface area contributed by atoms with Crippen LogP contribution in [0.3, 0.4) is 0 Å². The fourth-order valence-corrected chi connectivity index (χ4v) is 1.55. The van der Waals surface area contributed by atoms with Crippen LogP contribution in [0, 0.1) is 5.82 Å². The van der Waals surface area contributed by atoms with Crippen molar-refractivity contribution in [1.29, 1.82) is 0 Å². The third-order valence-electron chi connectivity index (χ3n) is 2.38. The molecule has 1 atom stereocenters. The molecule has 0 bridgehead atoms. The van der Waals surface area contributed by atoms with E-state index >= 15 is 0 Å². The average Bonchev–Trinajstić information content (AvgIpc) is 2.30. The Morgan fingerprint density at radius 2 is 1.74 bits per heavy atom. The van der Waals surface area contributed by atoms with E-state index in [0.29, 0.717) is 0 Å². The molecule has 3 N–H and O–H groups in total. The highest BCUT2D eigenvalue weighted by Gasteiger charge is 2.41. The number of alkyl halides is 5. The predicted octanol–water partition coefficient (Wildman–Crippen LogP) is 3.13. The lowest BCUT2D eigenvalue weighted by molar-refractivity contribution is -0.137. The van der Waals surface area contributed by atoms with Gasteiger partial charge in [-0.3, -0.25) is 0 Å². The van der Waals surface area contributed by atoms with Crippen LogP contribution in [0.1, 0.15) is 17.2 Å². The first-order valence-electron chi connectivity index (χ1n) is 4.81. The molecule has 0 aliphatic heterocycles. The zero-order valence-electron chi connectivity index (χ0n) is 9.11. The maximum atomic E-state index is 13.5. The number of benzene rings is 1. The summed E-state index contributed by atoms with van der Waals surface area (Å²) in [6.07, 6.45) is -4.89. The molecule has 0 amide bonds. The molecule has 9 heteroatoms. The lowest BCUT2D eigenvalue weighted by atomic mass is 9.99. The van der Waals surface area contributed by atoms with E-state index in [1.165, 1.54) is 0 Å². The summed E-state index contributed by atoms with van der Waals surface area (Å²) in [5.41, 5.74) is 2.47. The van der Waals surface area contributed by atoms with Gasteiger partial charge in [0.25, 0.3) is 5.92 Å². The minimum Gasteiger partial charge on any atom is -0.390 e. The van der Waals surface area contributed by atoms with Crippen LogP contribution >= 0.6 is 11.6 Å². The van der Waals surface area contributed by atoms with Gasteiger partial charge in [-0.05, 0) is 12.1 Å². The van der Waals surface area contributed by atoms with Gasteiger partial charge in [-0.15, -0.1) is 0 Å². The van der Waals surface area contributed by atoms with E-state index in [-0.39, 0.29) is 12.1 Å². The largest absolute Gasteiger partial charge is 0.416 e. The van der Waals surface area contributed by atoms with E-state index < -0.39 is 46.7 Å². The van der Waals surface area contributed by atoms with E-state index in [9.17, 15) is 26.3 Å². The summed E-state index contributed by atoms with van der Waals surface area (Å²) in [4.78, 5) is 0. The molecular weight excluding hydrogens is 300 g/mol. The Hall–Kier alpha value is -0.990. The van der Waals surface area contributed by atoms with E-state index in [2.05, 4.69) is 0 Å². The highest BCUT2D eigenvalue weighted by atomic mass is 35.5. The van der Waals surface area contributed by atoms with Gasteiger partial charge in [-0.1, -0.05) is 11.6 Å². The lowest BCUT2D eigenvalue weighted by Crippen LogP contribution is -2.37. The molecule has 2 nitrogen and oxygen atoms in total. The molecule has 0 saturated heterocycles. The van der Waals surface area contributed by atoms with Crippen molar-refractivity contribution in [2.45, 2.75) is 18.1 Å². The molecule has 0 unspecified atom stereocenters. The average molecular weight is 308 g/mol. The Morgan fingerprint density at radius 1 is 1.21 bits per heavy atom. The number of hydrogen-bond acceptors (Lipinski definition) is 2. The molecule has 0 aliphatic carbocycles. The van der Waals surface area contributed by atoms with Gasteiger partial charge < -0.3 is 10.8 Å². The molecule has 0 aromatic heterocycles. The Labute approximate surface area is 108 Å². The van der Waals surface area contributed by atoms with Gasteiger partial charge in [0.15, 0.2) is 0 Å². The Balaban J connectivity index is 3.39. The van der Waals surface area contributed by atoms with Gasteiger partial charge in [0.2, 0.25) is 0 Å². The molecule has 19 heavy (non-hydrogen) atoms. The fraction of sp³-hybridized carbons (Fsp3) is 0.400. The second kappa shape index (κ2) is 5.18. The van der Waals surface area contributed by atoms with Crippen LogP contribution in [-0.4, -0.2) is 17.6 Å². The van der Waals surface area contributed by atoms with Gasteiger partial charge >= 0.3 is 6.18 Å². The molecule has 1 rings (SSSR count). The second-order valence-electron chi connectivity index (χ2n) is 3.76. The van der Waals surface area contributed by atoms with Gasteiger partial charge in [0.1, 0.15) is 12.4 Å². The molecule has 0 aliphatic rings. The van der Waals surface area contributed by atoms with E-state index in [1.807, 2.05) is 0 Å². The van der Waals surface area contributed by atoms with Crippen LogP contribution in [0.25, 0.3) is 0 Å². The lowest BCUT2D eigenvalue weighted by Gasteiger charge is -2.23. The monoisotopic (exact) mass is 307 g/mol. The molecule has 0 heterocycles. The van der Waals surface area contributed by atoms with Crippen molar-refractivity contribution in [3.8, 4) is 0 Å². The van der Waals surface area contributed by atoms with E-state index in [0.717, 1.165) is 0 Å². The third kappa shape index (κ3) is 3.31. The fourth-order valence-electron chi connectivity index (χ4n) is 1.33.